The van der Waals surface area contributed by atoms with Crippen molar-refractivity contribution in [1.29, 1.82) is 0 Å². The molecule has 0 heterocycles. The molecule has 1 rings (SSSR count). The van der Waals surface area contributed by atoms with Gasteiger partial charge in [0.2, 0.25) is 5.76 Å². The second kappa shape index (κ2) is 6.76. The van der Waals surface area contributed by atoms with Crippen molar-refractivity contribution in [2.45, 2.75) is 0 Å². The normalized spacial score (nSPS) is 10.9. The molecule has 0 bridgehead atoms. The highest BCUT2D eigenvalue weighted by molar-refractivity contribution is 6.34. The van der Waals surface area contributed by atoms with Gasteiger partial charge in [0.25, 0.3) is 0 Å². The van der Waals surface area contributed by atoms with E-state index in [1.165, 1.54) is 7.11 Å². The van der Waals surface area contributed by atoms with Gasteiger partial charge in [-0.15, -0.1) is 0 Å². The molecule has 1 N–H and O–H groups in total. The molecule has 8 heteroatoms. The van der Waals surface area contributed by atoms with Gasteiger partial charge in [-0.25, -0.2) is 14.0 Å². The number of esters is 1. The summed E-state index contributed by atoms with van der Waals surface area (Å²) in [5.74, 6) is -4.07. The number of aromatic carboxylic acids is 1. The summed E-state index contributed by atoms with van der Waals surface area (Å²) in [6, 6.07) is 1.93. The van der Waals surface area contributed by atoms with E-state index in [0.29, 0.717) is 0 Å². The van der Waals surface area contributed by atoms with Crippen LogP contribution in [0.15, 0.2) is 24.2 Å². The van der Waals surface area contributed by atoms with Crippen molar-refractivity contribution >= 4 is 23.5 Å². The molecular weight excluding hydrogens is 295 g/mol. The van der Waals surface area contributed by atoms with Crippen molar-refractivity contribution in [3.05, 3.63) is 40.6 Å². The smallest absolute Gasteiger partial charge is 0.377 e. The molecule has 1 aromatic rings. The predicted octanol–water partition coefficient (Wildman–Crippen LogP) is 2.22. The number of carbonyl (C=O) groups is 2. The van der Waals surface area contributed by atoms with E-state index in [2.05, 4.69) is 9.47 Å². The molecule has 108 valence electrons. The van der Waals surface area contributed by atoms with Gasteiger partial charge < -0.3 is 19.3 Å². The number of carboxylic acid groups (broad SMARTS) is 1. The maximum Gasteiger partial charge on any atom is 0.377 e. The van der Waals surface area contributed by atoms with Crippen LogP contribution in [0.1, 0.15) is 10.4 Å². The van der Waals surface area contributed by atoms with Crippen molar-refractivity contribution in [3.63, 3.8) is 0 Å². The maximum absolute atomic E-state index is 13.2. The van der Waals surface area contributed by atoms with Gasteiger partial charge in [0.05, 0.1) is 19.2 Å². The van der Waals surface area contributed by atoms with E-state index >= 15 is 0 Å². The summed E-state index contributed by atoms with van der Waals surface area (Å²) in [5.41, 5.74) is -0.613. The van der Waals surface area contributed by atoms with E-state index in [9.17, 15) is 14.0 Å². The molecule has 0 fully saturated rings. The molecule has 20 heavy (non-hydrogen) atoms. The lowest BCUT2D eigenvalue weighted by Crippen LogP contribution is -2.13. The second-order valence-electron chi connectivity index (χ2n) is 3.35. The Bertz CT molecular complexity index is 569. The number of carboxylic acids is 1. The van der Waals surface area contributed by atoms with Crippen LogP contribution < -0.4 is 4.74 Å². The molecule has 0 aromatic heterocycles. The molecule has 0 atom stereocenters. The quantitative estimate of drug-likeness (QED) is 0.510. The first-order valence-corrected chi connectivity index (χ1v) is 5.50. The standard InChI is InChI=1S/C12H10ClFO6/c1-18-5-8(12(17)19-2)20-7-4-3-6(14)10(13)9(7)11(15)16/h3-5H,1-2H3,(H,15,16)/b8-5+. The number of ether oxygens (including phenoxy) is 3. The highest BCUT2D eigenvalue weighted by Gasteiger charge is 2.22. The molecule has 0 aliphatic heterocycles. The van der Waals surface area contributed by atoms with Crippen LogP contribution in [0.4, 0.5) is 4.39 Å². The van der Waals surface area contributed by atoms with Crippen LogP contribution in [0.3, 0.4) is 0 Å². The minimum Gasteiger partial charge on any atom is -0.500 e. The van der Waals surface area contributed by atoms with Crippen molar-refractivity contribution in [1.82, 2.24) is 0 Å². The molecule has 6 nitrogen and oxygen atoms in total. The summed E-state index contributed by atoms with van der Waals surface area (Å²) >= 11 is 5.56. The van der Waals surface area contributed by atoms with Crippen LogP contribution in [0.2, 0.25) is 5.02 Å². The van der Waals surface area contributed by atoms with Gasteiger partial charge in [-0.05, 0) is 12.1 Å². The number of hydrogen-bond donors (Lipinski definition) is 1. The summed E-state index contributed by atoms with van der Waals surface area (Å²) in [6.07, 6.45) is 0.911. The van der Waals surface area contributed by atoms with Crippen LogP contribution in [-0.4, -0.2) is 31.3 Å². The number of halogens is 2. The third-order valence-electron chi connectivity index (χ3n) is 2.10. The molecular formula is C12H10ClFO6. The Balaban J connectivity index is 3.27. The molecule has 0 spiro atoms. The molecule has 0 unspecified atom stereocenters. The fourth-order valence-electron chi connectivity index (χ4n) is 1.26. The first-order chi connectivity index (χ1) is 9.42. The predicted molar refractivity (Wildman–Crippen MR) is 66.1 cm³/mol. The highest BCUT2D eigenvalue weighted by Crippen LogP contribution is 2.30. The molecule has 0 aliphatic carbocycles. The first kappa shape index (κ1) is 15.8. The van der Waals surface area contributed by atoms with E-state index in [-0.39, 0.29) is 5.75 Å². The SMILES string of the molecule is CO/C=C(/Oc1ccc(F)c(Cl)c1C(=O)O)C(=O)OC. The number of rotatable bonds is 5. The Labute approximate surface area is 118 Å². The Morgan fingerprint density at radius 3 is 2.50 bits per heavy atom. The van der Waals surface area contributed by atoms with E-state index in [0.717, 1.165) is 25.5 Å². The fourth-order valence-corrected chi connectivity index (χ4v) is 1.49. The number of benzene rings is 1. The van der Waals surface area contributed by atoms with Crippen molar-refractivity contribution in [2.24, 2.45) is 0 Å². The summed E-state index contributed by atoms with van der Waals surface area (Å²) in [6.45, 7) is 0. The lowest BCUT2D eigenvalue weighted by atomic mass is 10.2. The van der Waals surface area contributed by atoms with E-state index in [4.69, 9.17) is 21.4 Å². The summed E-state index contributed by atoms with van der Waals surface area (Å²) < 4.78 is 27.3. The summed E-state index contributed by atoms with van der Waals surface area (Å²) in [4.78, 5) is 22.5. The molecule has 1 aromatic carbocycles. The zero-order valence-corrected chi connectivity index (χ0v) is 11.2. The zero-order valence-electron chi connectivity index (χ0n) is 10.5. The van der Waals surface area contributed by atoms with Crippen molar-refractivity contribution in [3.8, 4) is 5.75 Å². The van der Waals surface area contributed by atoms with Gasteiger partial charge in [-0.2, -0.15) is 0 Å². The zero-order chi connectivity index (χ0) is 15.3. The van der Waals surface area contributed by atoms with Crippen LogP contribution in [-0.2, 0) is 14.3 Å². The topological polar surface area (TPSA) is 82.1 Å². The summed E-state index contributed by atoms with van der Waals surface area (Å²) in [5, 5.41) is 8.38. The third-order valence-corrected chi connectivity index (χ3v) is 2.47. The fraction of sp³-hybridized carbons (Fsp3) is 0.167. The number of carbonyl (C=O) groups excluding carboxylic acids is 1. The van der Waals surface area contributed by atoms with Crippen LogP contribution >= 0.6 is 11.6 Å². The number of methoxy groups -OCH3 is 2. The first-order valence-electron chi connectivity index (χ1n) is 5.12. The van der Waals surface area contributed by atoms with E-state index in [1.807, 2.05) is 0 Å². The third kappa shape index (κ3) is 3.39. The number of hydrogen-bond acceptors (Lipinski definition) is 5. The minimum absolute atomic E-state index is 0.322. The van der Waals surface area contributed by atoms with Gasteiger partial charge in [0.15, 0.2) is 0 Å². The average Bonchev–Trinajstić information content (AvgIpc) is 2.41. The second-order valence-corrected chi connectivity index (χ2v) is 3.73. The van der Waals surface area contributed by atoms with E-state index in [1.54, 1.807) is 0 Å². The molecule has 0 saturated carbocycles. The van der Waals surface area contributed by atoms with Gasteiger partial charge in [-0.1, -0.05) is 11.6 Å². The summed E-state index contributed by atoms with van der Waals surface area (Å²) in [7, 11) is 2.35. The van der Waals surface area contributed by atoms with Crippen LogP contribution in [0.25, 0.3) is 0 Å². The van der Waals surface area contributed by atoms with E-state index < -0.39 is 34.1 Å². The molecule has 0 saturated heterocycles. The average molecular weight is 305 g/mol. The Hall–Kier alpha value is -2.28. The molecule has 0 amide bonds. The highest BCUT2D eigenvalue weighted by atomic mass is 35.5. The molecule has 0 radical (unpaired) electrons. The maximum atomic E-state index is 13.2. The van der Waals surface area contributed by atoms with Crippen LogP contribution in [0.5, 0.6) is 5.75 Å². The van der Waals surface area contributed by atoms with Gasteiger partial charge in [0.1, 0.15) is 23.4 Å². The lowest BCUT2D eigenvalue weighted by molar-refractivity contribution is -0.138. The largest absolute Gasteiger partial charge is 0.500 e. The Morgan fingerprint density at radius 1 is 1.35 bits per heavy atom. The van der Waals surface area contributed by atoms with Crippen molar-refractivity contribution < 1.29 is 33.3 Å². The molecule has 0 aliphatic rings. The van der Waals surface area contributed by atoms with Gasteiger partial charge in [0, 0.05) is 0 Å². The van der Waals surface area contributed by atoms with Gasteiger partial charge >= 0.3 is 11.9 Å². The Kier molecular flexibility index (Phi) is 5.33. The Morgan fingerprint density at radius 2 is 2.00 bits per heavy atom. The monoisotopic (exact) mass is 304 g/mol. The van der Waals surface area contributed by atoms with Crippen molar-refractivity contribution in [2.75, 3.05) is 14.2 Å². The van der Waals surface area contributed by atoms with Gasteiger partial charge in [-0.3, -0.25) is 0 Å². The lowest BCUT2D eigenvalue weighted by Gasteiger charge is -2.11. The van der Waals surface area contributed by atoms with Crippen LogP contribution in [0, 0.1) is 5.82 Å². The minimum atomic E-state index is -1.51.